The molecule has 170 valence electrons. The Labute approximate surface area is 193 Å². The van der Waals surface area contributed by atoms with Gasteiger partial charge in [0.1, 0.15) is 11.9 Å². The molecule has 3 aromatic rings. The highest BCUT2D eigenvalue weighted by molar-refractivity contribution is 5.94. The van der Waals surface area contributed by atoms with Gasteiger partial charge in [0, 0.05) is 25.7 Å². The van der Waals surface area contributed by atoms with Crippen LogP contribution in [-0.2, 0) is 0 Å². The zero-order valence-corrected chi connectivity index (χ0v) is 20.0. The molecule has 1 heterocycles. The maximum absolute atomic E-state index is 12.9. The molecular formula is C27H35N3O2. The number of likely N-dealkylation sites (N-methyl/N-ethyl adjacent to an activating group) is 1. The van der Waals surface area contributed by atoms with Gasteiger partial charge in [0.25, 0.3) is 5.91 Å². The zero-order valence-electron chi connectivity index (χ0n) is 20.0. The molecule has 0 fully saturated rings. The third-order valence-electron chi connectivity index (χ3n) is 5.54. The predicted molar refractivity (Wildman–Crippen MR) is 131 cm³/mol. The van der Waals surface area contributed by atoms with Crippen LogP contribution in [0.25, 0.3) is 11.3 Å². The summed E-state index contributed by atoms with van der Waals surface area (Å²) in [6.45, 7) is 10.7. The fraction of sp³-hybridized carbons (Fsp3) is 0.370. The summed E-state index contributed by atoms with van der Waals surface area (Å²) in [5.41, 5.74) is 6.08. The van der Waals surface area contributed by atoms with Crippen molar-refractivity contribution in [1.29, 1.82) is 0 Å². The van der Waals surface area contributed by atoms with Crippen LogP contribution < -0.4 is 4.74 Å². The molecule has 0 N–H and O–H groups in total. The second-order valence-electron chi connectivity index (χ2n) is 8.49. The molecule has 1 aromatic heterocycles. The standard InChI is InChI=1S/C27H33N3O2.H2/c1-7-10-23(17-30(6)27(31)22-14-8-11-18(2)15-22)32-25-16-24(28-21(5)29-25)26-19(3)12-9-13-20(26)4;/h8-9,11-16,23H,7,10,17H2,1-6H3;1H. The third kappa shape index (κ3) is 5.72. The first-order chi connectivity index (χ1) is 15.3. The van der Waals surface area contributed by atoms with Crippen molar-refractivity contribution >= 4 is 5.91 Å². The van der Waals surface area contributed by atoms with Crippen molar-refractivity contribution in [3.63, 3.8) is 0 Å². The van der Waals surface area contributed by atoms with E-state index in [-0.39, 0.29) is 13.4 Å². The highest BCUT2D eigenvalue weighted by atomic mass is 16.5. The van der Waals surface area contributed by atoms with Gasteiger partial charge in [-0.05, 0) is 57.4 Å². The van der Waals surface area contributed by atoms with Crippen LogP contribution in [0.15, 0.2) is 48.5 Å². The van der Waals surface area contributed by atoms with E-state index in [1.807, 2.05) is 51.2 Å². The molecule has 3 rings (SSSR count). The molecule has 0 radical (unpaired) electrons. The number of benzene rings is 2. The quantitative estimate of drug-likeness (QED) is 0.441. The average Bonchev–Trinajstić information content (AvgIpc) is 2.73. The van der Waals surface area contributed by atoms with Crippen LogP contribution >= 0.6 is 0 Å². The minimum atomic E-state index is -0.154. The van der Waals surface area contributed by atoms with E-state index in [9.17, 15) is 4.79 Å². The molecule has 0 bridgehead atoms. The van der Waals surface area contributed by atoms with E-state index in [1.165, 1.54) is 11.1 Å². The van der Waals surface area contributed by atoms with Gasteiger partial charge in [0.2, 0.25) is 5.88 Å². The van der Waals surface area contributed by atoms with Crippen molar-refractivity contribution in [3.8, 4) is 17.1 Å². The van der Waals surface area contributed by atoms with E-state index in [0.29, 0.717) is 23.8 Å². The predicted octanol–water partition coefficient (Wildman–Crippen LogP) is 5.94. The van der Waals surface area contributed by atoms with Crippen LogP contribution in [0.3, 0.4) is 0 Å². The third-order valence-corrected chi connectivity index (χ3v) is 5.54. The van der Waals surface area contributed by atoms with E-state index in [0.717, 1.165) is 29.7 Å². The van der Waals surface area contributed by atoms with Gasteiger partial charge >= 0.3 is 0 Å². The number of nitrogens with zero attached hydrogens (tertiary/aromatic N) is 3. The Bertz CT molecular complexity index is 1080. The molecule has 5 nitrogen and oxygen atoms in total. The second-order valence-corrected chi connectivity index (χ2v) is 8.49. The summed E-state index contributed by atoms with van der Waals surface area (Å²) in [5.74, 6) is 1.21. The summed E-state index contributed by atoms with van der Waals surface area (Å²) in [7, 11) is 1.82. The van der Waals surface area contributed by atoms with Gasteiger partial charge < -0.3 is 9.64 Å². The molecular weight excluding hydrogens is 398 g/mol. The van der Waals surface area contributed by atoms with Crippen molar-refractivity contribution in [3.05, 3.63) is 76.6 Å². The van der Waals surface area contributed by atoms with Crippen molar-refractivity contribution in [2.45, 2.75) is 53.6 Å². The SMILES string of the molecule is CCCC(CN(C)C(=O)c1cccc(C)c1)Oc1cc(-c2c(C)cccc2C)nc(C)n1.[HH]. The Morgan fingerprint density at radius 3 is 2.38 bits per heavy atom. The number of aromatic nitrogens is 2. The number of carbonyl (C=O) groups excluding carboxylic acids is 1. The number of hydrogen-bond donors (Lipinski definition) is 0. The first kappa shape index (κ1) is 23.5. The number of amides is 1. The van der Waals surface area contributed by atoms with Gasteiger partial charge in [0.05, 0.1) is 12.2 Å². The van der Waals surface area contributed by atoms with E-state index in [1.54, 1.807) is 4.90 Å². The van der Waals surface area contributed by atoms with Crippen LogP contribution in [0.2, 0.25) is 0 Å². The number of carbonyl (C=O) groups is 1. The Morgan fingerprint density at radius 1 is 1.03 bits per heavy atom. The molecule has 32 heavy (non-hydrogen) atoms. The van der Waals surface area contributed by atoms with Crippen molar-refractivity contribution in [2.24, 2.45) is 0 Å². The molecule has 0 aliphatic carbocycles. The van der Waals surface area contributed by atoms with Gasteiger partial charge in [-0.25, -0.2) is 4.98 Å². The van der Waals surface area contributed by atoms with Gasteiger partial charge in [0.15, 0.2) is 0 Å². The molecule has 0 aliphatic heterocycles. The molecule has 0 spiro atoms. The maximum atomic E-state index is 12.9. The topological polar surface area (TPSA) is 55.3 Å². The molecule has 0 aliphatic rings. The molecule has 1 amide bonds. The van der Waals surface area contributed by atoms with Crippen LogP contribution in [0.1, 0.15) is 54.1 Å². The maximum Gasteiger partial charge on any atom is 0.253 e. The van der Waals surface area contributed by atoms with Crippen molar-refractivity contribution in [1.82, 2.24) is 14.9 Å². The lowest BCUT2D eigenvalue weighted by atomic mass is 10.00. The monoisotopic (exact) mass is 433 g/mol. The highest BCUT2D eigenvalue weighted by Gasteiger charge is 2.20. The Kier molecular flexibility index (Phi) is 7.62. The molecule has 5 heteroatoms. The van der Waals surface area contributed by atoms with Crippen LogP contribution in [-0.4, -0.2) is 40.5 Å². The van der Waals surface area contributed by atoms with Gasteiger partial charge in [-0.1, -0.05) is 49.2 Å². The molecule has 1 atom stereocenters. The van der Waals surface area contributed by atoms with Crippen molar-refractivity contribution < 1.29 is 11.0 Å². The van der Waals surface area contributed by atoms with E-state index < -0.39 is 0 Å². The summed E-state index contributed by atoms with van der Waals surface area (Å²) >= 11 is 0. The number of rotatable bonds is 8. The lowest BCUT2D eigenvalue weighted by Crippen LogP contribution is -2.37. The fourth-order valence-electron chi connectivity index (χ4n) is 4.01. The first-order valence-electron chi connectivity index (χ1n) is 11.2. The molecule has 0 saturated carbocycles. The number of ether oxygens (including phenoxy) is 1. The van der Waals surface area contributed by atoms with Gasteiger partial charge in [-0.15, -0.1) is 0 Å². The molecule has 0 saturated heterocycles. The average molecular weight is 434 g/mol. The number of aryl methyl sites for hydroxylation is 4. The fourth-order valence-corrected chi connectivity index (χ4v) is 4.01. The summed E-state index contributed by atoms with van der Waals surface area (Å²) in [5, 5.41) is 0. The van der Waals surface area contributed by atoms with Gasteiger partial charge in [-0.2, -0.15) is 4.98 Å². The summed E-state index contributed by atoms with van der Waals surface area (Å²) in [4.78, 5) is 23.8. The zero-order chi connectivity index (χ0) is 23.3. The van der Waals surface area contributed by atoms with Crippen LogP contribution in [0.5, 0.6) is 5.88 Å². The van der Waals surface area contributed by atoms with Crippen LogP contribution in [0.4, 0.5) is 0 Å². The first-order valence-corrected chi connectivity index (χ1v) is 11.2. The molecule has 1 unspecified atom stereocenters. The van der Waals surface area contributed by atoms with Crippen LogP contribution in [0, 0.1) is 27.7 Å². The second kappa shape index (κ2) is 10.4. The lowest BCUT2D eigenvalue weighted by Gasteiger charge is -2.25. The van der Waals surface area contributed by atoms with Crippen molar-refractivity contribution in [2.75, 3.05) is 13.6 Å². The minimum absolute atomic E-state index is 0. The molecule has 2 aromatic carbocycles. The van der Waals surface area contributed by atoms with E-state index >= 15 is 0 Å². The number of hydrogen-bond acceptors (Lipinski definition) is 4. The van der Waals surface area contributed by atoms with E-state index in [2.05, 4.69) is 48.9 Å². The summed E-state index contributed by atoms with van der Waals surface area (Å²) in [6.07, 6.45) is 1.62. The van der Waals surface area contributed by atoms with E-state index in [4.69, 9.17) is 4.74 Å². The van der Waals surface area contributed by atoms with Gasteiger partial charge in [-0.3, -0.25) is 4.79 Å². The lowest BCUT2D eigenvalue weighted by molar-refractivity contribution is 0.0696. The smallest absolute Gasteiger partial charge is 0.253 e. The summed E-state index contributed by atoms with van der Waals surface area (Å²) < 4.78 is 6.31. The Balaban J connectivity index is 0.00000385. The Hall–Kier alpha value is -3.21. The largest absolute Gasteiger partial charge is 0.472 e. The minimum Gasteiger partial charge on any atom is -0.472 e. The highest BCUT2D eigenvalue weighted by Crippen LogP contribution is 2.28. The Morgan fingerprint density at radius 2 is 1.72 bits per heavy atom. The summed E-state index contributed by atoms with van der Waals surface area (Å²) in [6, 6.07) is 15.8. The normalized spacial score (nSPS) is 11.8.